The van der Waals surface area contributed by atoms with Crippen molar-refractivity contribution in [3.63, 3.8) is 0 Å². The Morgan fingerprint density at radius 1 is 2.00 bits per heavy atom. The van der Waals surface area contributed by atoms with Crippen LogP contribution < -0.4 is 0 Å². The largest absolute Gasteiger partial charge is 0.324 e. The summed E-state index contributed by atoms with van der Waals surface area (Å²) in [6, 6.07) is 0. The summed E-state index contributed by atoms with van der Waals surface area (Å²) in [5.74, 6) is 0. The maximum Gasteiger partial charge on any atom is 0.324 e. The van der Waals surface area contributed by atoms with E-state index >= 15 is 0 Å². The van der Waals surface area contributed by atoms with Gasteiger partial charge in [0.1, 0.15) is 0 Å². The third-order valence-corrected chi connectivity index (χ3v) is 0. The van der Waals surface area contributed by atoms with Gasteiger partial charge in [0.15, 0.2) is 0 Å². The summed E-state index contributed by atoms with van der Waals surface area (Å²) in [7, 11) is -0.833. The Hall–Kier alpha value is 1.06. The Morgan fingerprint density at radius 2 is 2.00 bits per heavy atom. The van der Waals surface area contributed by atoms with Crippen LogP contribution in [0.25, 0.3) is 0 Å². The summed E-state index contributed by atoms with van der Waals surface area (Å²) in [6.45, 7) is 2.19. The minimum Gasteiger partial charge on any atom is -0.310 e. The number of hydrogen-bond acceptors (Lipinski definition) is 1. The molecule has 2 nitrogen and oxygen atoms in total. The molecule has 0 aromatic carbocycles. The molecule has 4 heteroatoms. The molecule has 0 unspecified atom stereocenters. The van der Waals surface area contributed by atoms with Crippen molar-refractivity contribution in [2.45, 2.75) is 10.6 Å². The van der Waals surface area contributed by atoms with Gasteiger partial charge < -0.3 is 4.89 Å². The molecule has 0 aromatic rings. The Bertz CT molecular complexity index is 25.5. The number of hydrogen-bond donors (Lipinski definition) is 1. The first-order valence-corrected chi connectivity index (χ1v) is 3.98. The zero-order valence-electron chi connectivity index (χ0n) is 4.01. The molecule has 0 aromatic heterocycles. The maximum absolute atomic E-state index is 8.46. The fourth-order valence-electron chi connectivity index (χ4n) is 0. The minimum atomic E-state index is -0.833. The molecular weight excluding hydrogens is 110 g/mol. The van der Waals surface area contributed by atoms with Crippen LogP contribution in [0.4, 0.5) is 0 Å². The van der Waals surface area contributed by atoms with Crippen LogP contribution in [0.1, 0.15) is 6.92 Å². The van der Waals surface area contributed by atoms with Crippen molar-refractivity contribution in [1.29, 1.82) is 0 Å². The summed E-state index contributed by atoms with van der Waals surface area (Å²) >= 11 is 1.37. The zero-order valence-corrected chi connectivity index (χ0v) is 6.90. The van der Waals surface area contributed by atoms with E-state index < -0.39 is 8.69 Å². The SMILES string of the molecule is C[CH2][Na].O=PO. The van der Waals surface area contributed by atoms with E-state index in [9.17, 15) is 0 Å². The van der Waals surface area contributed by atoms with E-state index in [1.54, 1.807) is 0 Å². The molecule has 6 heavy (non-hydrogen) atoms. The van der Waals surface area contributed by atoms with Crippen molar-refractivity contribution in [1.82, 2.24) is 0 Å². The van der Waals surface area contributed by atoms with Gasteiger partial charge in [0.25, 0.3) is 0 Å². The topological polar surface area (TPSA) is 37.3 Å². The minimum absolute atomic E-state index is 0.833. The van der Waals surface area contributed by atoms with E-state index in [-0.39, 0.29) is 0 Å². The van der Waals surface area contributed by atoms with Gasteiger partial charge >= 0.3 is 47.2 Å². The van der Waals surface area contributed by atoms with E-state index in [0.717, 1.165) is 0 Å². The fourth-order valence-corrected chi connectivity index (χ4v) is 0. The molecule has 0 saturated heterocycles. The molecule has 32 valence electrons. The molecule has 0 aliphatic rings. The van der Waals surface area contributed by atoms with Crippen molar-refractivity contribution in [2.75, 3.05) is 0 Å². The van der Waals surface area contributed by atoms with E-state index in [1.807, 2.05) is 0 Å². The van der Waals surface area contributed by atoms with Gasteiger partial charge in [0, 0.05) is 0 Å². The van der Waals surface area contributed by atoms with Crippen molar-refractivity contribution in [3.05, 3.63) is 0 Å². The maximum atomic E-state index is 8.46. The van der Waals surface area contributed by atoms with Gasteiger partial charge in [-0.3, -0.25) is 0 Å². The summed E-state index contributed by atoms with van der Waals surface area (Å²) in [6.07, 6.45) is 0. The van der Waals surface area contributed by atoms with Gasteiger partial charge in [-0.25, -0.2) is 4.57 Å². The predicted octanol–water partition coefficient (Wildman–Crippen LogP) is 0.778. The van der Waals surface area contributed by atoms with Crippen LogP contribution in [0.15, 0.2) is 0 Å². The molecule has 0 aliphatic carbocycles. The second-order valence-corrected chi connectivity index (χ2v) is 2.37. The van der Waals surface area contributed by atoms with Crippen molar-refractivity contribution < 1.29 is 9.46 Å². The van der Waals surface area contributed by atoms with Crippen LogP contribution in [-0.2, 0) is 4.57 Å². The molecule has 0 aliphatic heterocycles. The molecule has 0 bridgehead atoms. The third-order valence-electron chi connectivity index (χ3n) is 0. The molecule has 1 N–H and O–H groups in total. The van der Waals surface area contributed by atoms with Gasteiger partial charge in [0.05, 0.1) is 0 Å². The monoisotopic (exact) mass is 116 g/mol. The van der Waals surface area contributed by atoms with Crippen LogP contribution in [0.2, 0.25) is 3.67 Å². The summed E-state index contributed by atoms with van der Waals surface area (Å²) in [5, 5.41) is 0. The van der Waals surface area contributed by atoms with E-state index in [4.69, 9.17) is 9.46 Å². The van der Waals surface area contributed by atoms with E-state index in [2.05, 4.69) is 6.92 Å². The average Bonchev–Trinajstić information content (AvgIpc) is 1.39. The Labute approximate surface area is 56.6 Å². The van der Waals surface area contributed by atoms with E-state index in [1.165, 1.54) is 31.6 Å². The first-order valence-electron chi connectivity index (χ1n) is 1.80. The molecule has 0 amide bonds. The van der Waals surface area contributed by atoms with Gasteiger partial charge in [0.2, 0.25) is 0 Å². The summed E-state index contributed by atoms with van der Waals surface area (Å²) < 4.78 is 9.85. The molecule has 0 radical (unpaired) electrons. The smallest absolute Gasteiger partial charge is 0.310 e. The standard InChI is InChI=1S/C2H5.Na.HO2P/c1-2;;1-3-2/h1H2,2H3;;(H,1,2). The molecule has 0 heterocycles. The van der Waals surface area contributed by atoms with Crippen molar-refractivity contribution in [3.8, 4) is 0 Å². The van der Waals surface area contributed by atoms with Crippen LogP contribution >= 0.6 is 8.69 Å². The first-order chi connectivity index (χ1) is 2.83. The van der Waals surface area contributed by atoms with Gasteiger partial charge in [-0.1, -0.05) is 0 Å². The van der Waals surface area contributed by atoms with Gasteiger partial charge in [-0.2, -0.15) is 0 Å². The van der Waals surface area contributed by atoms with Crippen molar-refractivity contribution >= 4 is 36.6 Å². The molecular formula is C2H6NaO2P. The summed E-state index contributed by atoms with van der Waals surface area (Å²) in [5.41, 5.74) is 0. The molecule has 0 fully saturated rings. The Morgan fingerprint density at radius 3 is 2.00 bits per heavy atom. The van der Waals surface area contributed by atoms with Crippen LogP contribution in [0.5, 0.6) is 0 Å². The zero-order chi connectivity index (χ0) is 5.41. The van der Waals surface area contributed by atoms with Gasteiger partial charge in [-0.05, 0) is 0 Å². The van der Waals surface area contributed by atoms with Crippen LogP contribution in [0, 0.1) is 0 Å². The fraction of sp³-hybridized carbons (Fsp3) is 1.00. The Balaban J connectivity index is 0. The second kappa shape index (κ2) is 16.6. The van der Waals surface area contributed by atoms with E-state index in [0.29, 0.717) is 0 Å². The Kier molecular flexibility index (Phi) is 28.0. The summed E-state index contributed by atoms with van der Waals surface area (Å²) in [4.78, 5) is 6.99. The quantitative estimate of drug-likeness (QED) is 0.375. The van der Waals surface area contributed by atoms with Gasteiger partial charge in [-0.15, -0.1) is 0 Å². The molecule has 0 rings (SSSR count). The third kappa shape index (κ3) is 74.2. The molecule has 0 saturated carbocycles. The normalized spacial score (nSPS) is 6.67. The molecule has 0 spiro atoms. The molecule has 0 atom stereocenters. The second-order valence-electron chi connectivity index (χ2n) is 0.789. The average molecular weight is 116 g/mol. The van der Waals surface area contributed by atoms with Crippen molar-refractivity contribution in [2.24, 2.45) is 0 Å². The predicted molar refractivity (Wildman–Crippen MR) is 26.1 cm³/mol. The number of rotatable bonds is 0. The van der Waals surface area contributed by atoms with Crippen LogP contribution in [0.3, 0.4) is 0 Å². The first kappa shape index (κ1) is 10.1. The van der Waals surface area contributed by atoms with Crippen LogP contribution in [-0.4, -0.2) is 32.8 Å².